The average Bonchev–Trinajstić information content (AvgIpc) is 3.04. The molecule has 0 saturated carbocycles. The molecule has 7 nitrogen and oxygen atoms in total. The summed E-state index contributed by atoms with van der Waals surface area (Å²) in [5.41, 5.74) is 2.19. The van der Waals surface area contributed by atoms with E-state index in [0.29, 0.717) is 27.1 Å². The quantitative estimate of drug-likeness (QED) is 0.155. The highest BCUT2D eigenvalue weighted by Gasteiger charge is 2.35. The predicted octanol–water partition coefficient (Wildman–Crippen LogP) is 7.71. The molecule has 0 spiro atoms. The zero-order chi connectivity index (χ0) is 33.4. The summed E-state index contributed by atoms with van der Waals surface area (Å²) >= 11 is 19.6. The number of sulfonamides is 1. The van der Waals surface area contributed by atoms with Crippen LogP contribution in [0.3, 0.4) is 0 Å². The van der Waals surface area contributed by atoms with Crippen molar-refractivity contribution in [2.24, 2.45) is 0 Å². The zero-order valence-electron chi connectivity index (χ0n) is 25.8. The Bertz CT molecular complexity index is 1750. The number of carbonyl (C=O) groups is 2. The molecule has 2 amide bonds. The lowest BCUT2D eigenvalue weighted by molar-refractivity contribution is -0.140. The standard InChI is InChI=1S/C35H36Cl3N3O4S/c1-4-25(3)39-35(43)33(20-26-12-7-5-8-13-26)40(22-29-30(36)16-11-17-31(29)37)34(42)23-41(27-19-18-24(2)32(38)21-27)46(44,45)28-14-9-6-10-15-28/h5-19,21,25,33H,4,20,22-23H2,1-3H3,(H,39,43). The van der Waals surface area contributed by atoms with Gasteiger partial charge in [0, 0.05) is 39.6 Å². The fourth-order valence-corrected chi connectivity index (χ4v) is 6.95. The predicted molar refractivity (Wildman–Crippen MR) is 186 cm³/mol. The van der Waals surface area contributed by atoms with Crippen LogP contribution in [0.15, 0.2) is 102 Å². The van der Waals surface area contributed by atoms with Crippen LogP contribution in [0.1, 0.15) is 37.0 Å². The molecular formula is C35H36Cl3N3O4S. The summed E-state index contributed by atoms with van der Waals surface area (Å²) in [6.07, 6.45) is 0.837. The van der Waals surface area contributed by atoms with E-state index in [-0.39, 0.29) is 35.5 Å². The van der Waals surface area contributed by atoms with Gasteiger partial charge >= 0.3 is 0 Å². The van der Waals surface area contributed by atoms with Crippen molar-refractivity contribution in [2.45, 2.75) is 57.1 Å². The lowest BCUT2D eigenvalue weighted by atomic mass is 10.0. The number of nitrogens with one attached hydrogen (secondary N) is 1. The van der Waals surface area contributed by atoms with E-state index in [1.54, 1.807) is 55.5 Å². The van der Waals surface area contributed by atoms with E-state index in [2.05, 4.69) is 5.32 Å². The molecule has 0 radical (unpaired) electrons. The molecule has 2 atom stereocenters. The monoisotopic (exact) mass is 699 g/mol. The Kier molecular flexibility index (Phi) is 12.1. The van der Waals surface area contributed by atoms with Crippen molar-refractivity contribution >= 4 is 62.3 Å². The molecule has 0 saturated heterocycles. The molecule has 0 aromatic heterocycles. The molecule has 4 rings (SSSR count). The molecule has 0 aliphatic rings. The molecule has 4 aromatic rings. The van der Waals surface area contributed by atoms with Crippen LogP contribution in [0.25, 0.3) is 0 Å². The number of amides is 2. The van der Waals surface area contributed by atoms with E-state index in [1.807, 2.05) is 44.2 Å². The molecule has 0 aliphatic carbocycles. The van der Waals surface area contributed by atoms with Gasteiger partial charge in [0.25, 0.3) is 10.0 Å². The summed E-state index contributed by atoms with van der Waals surface area (Å²) < 4.78 is 29.3. The summed E-state index contributed by atoms with van der Waals surface area (Å²) in [7, 11) is -4.25. The summed E-state index contributed by atoms with van der Waals surface area (Å²) in [4.78, 5) is 29.9. The van der Waals surface area contributed by atoms with Crippen LogP contribution >= 0.6 is 34.8 Å². The Labute approximate surface area is 286 Å². The van der Waals surface area contributed by atoms with Gasteiger partial charge in [0.15, 0.2) is 0 Å². The van der Waals surface area contributed by atoms with Crippen molar-refractivity contribution in [3.8, 4) is 0 Å². The van der Waals surface area contributed by atoms with Crippen molar-refractivity contribution in [3.05, 3.63) is 129 Å². The molecule has 11 heteroatoms. The largest absolute Gasteiger partial charge is 0.352 e. The third-order valence-electron chi connectivity index (χ3n) is 7.72. The van der Waals surface area contributed by atoms with Crippen LogP contribution in [0.5, 0.6) is 0 Å². The average molecular weight is 701 g/mol. The first-order chi connectivity index (χ1) is 21.9. The smallest absolute Gasteiger partial charge is 0.264 e. The van der Waals surface area contributed by atoms with Crippen molar-refractivity contribution < 1.29 is 18.0 Å². The normalized spacial score (nSPS) is 12.7. The zero-order valence-corrected chi connectivity index (χ0v) is 28.9. The molecule has 0 bridgehead atoms. The van der Waals surface area contributed by atoms with E-state index in [1.165, 1.54) is 23.1 Å². The van der Waals surface area contributed by atoms with E-state index < -0.39 is 28.5 Å². The van der Waals surface area contributed by atoms with Gasteiger partial charge in [0.05, 0.1) is 10.6 Å². The van der Waals surface area contributed by atoms with Gasteiger partial charge in [-0.05, 0) is 67.8 Å². The van der Waals surface area contributed by atoms with Crippen LogP contribution in [-0.4, -0.2) is 43.8 Å². The molecular weight excluding hydrogens is 665 g/mol. The highest BCUT2D eigenvalue weighted by Crippen LogP contribution is 2.30. The van der Waals surface area contributed by atoms with Gasteiger partial charge in [0.1, 0.15) is 12.6 Å². The lowest BCUT2D eigenvalue weighted by Crippen LogP contribution is -2.54. The number of aryl methyl sites for hydroxylation is 1. The fourth-order valence-electron chi connectivity index (χ4n) is 4.83. The minimum absolute atomic E-state index is 0.00413. The number of carbonyl (C=O) groups excluding carboxylic acids is 2. The topological polar surface area (TPSA) is 86.8 Å². The molecule has 46 heavy (non-hydrogen) atoms. The SMILES string of the molecule is CCC(C)NC(=O)C(Cc1ccccc1)N(Cc1c(Cl)cccc1Cl)C(=O)CN(c1ccc(C)c(Cl)c1)S(=O)(=O)c1ccccc1. The number of rotatable bonds is 13. The second-order valence-corrected chi connectivity index (χ2v) is 14.1. The number of anilines is 1. The van der Waals surface area contributed by atoms with Crippen LogP contribution < -0.4 is 9.62 Å². The van der Waals surface area contributed by atoms with Crippen LogP contribution in [0.4, 0.5) is 5.69 Å². The second-order valence-electron chi connectivity index (χ2n) is 11.0. The van der Waals surface area contributed by atoms with E-state index in [4.69, 9.17) is 34.8 Å². The van der Waals surface area contributed by atoms with E-state index >= 15 is 0 Å². The van der Waals surface area contributed by atoms with E-state index in [9.17, 15) is 18.0 Å². The number of hydrogen-bond donors (Lipinski definition) is 1. The number of benzene rings is 4. The van der Waals surface area contributed by atoms with Crippen molar-refractivity contribution in [1.82, 2.24) is 10.2 Å². The molecule has 0 heterocycles. The van der Waals surface area contributed by atoms with Crippen molar-refractivity contribution in [3.63, 3.8) is 0 Å². The molecule has 2 unspecified atom stereocenters. The van der Waals surface area contributed by atoms with Gasteiger partial charge in [-0.1, -0.05) is 102 Å². The minimum atomic E-state index is -4.25. The van der Waals surface area contributed by atoms with Gasteiger partial charge in [0.2, 0.25) is 11.8 Å². The highest BCUT2D eigenvalue weighted by atomic mass is 35.5. The molecule has 1 N–H and O–H groups in total. The molecule has 0 fully saturated rings. The highest BCUT2D eigenvalue weighted by molar-refractivity contribution is 7.92. The van der Waals surface area contributed by atoms with Gasteiger partial charge in [-0.3, -0.25) is 13.9 Å². The van der Waals surface area contributed by atoms with Crippen molar-refractivity contribution in [2.75, 3.05) is 10.8 Å². The number of halogens is 3. The Balaban J connectivity index is 1.85. The van der Waals surface area contributed by atoms with Gasteiger partial charge in [-0.25, -0.2) is 8.42 Å². The first-order valence-electron chi connectivity index (χ1n) is 14.8. The van der Waals surface area contributed by atoms with Crippen LogP contribution in [0, 0.1) is 6.92 Å². The minimum Gasteiger partial charge on any atom is -0.352 e. The summed E-state index contributed by atoms with van der Waals surface area (Å²) in [5, 5.41) is 3.97. The maximum absolute atomic E-state index is 14.6. The number of hydrogen-bond acceptors (Lipinski definition) is 4. The summed E-state index contributed by atoms with van der Waals surface area (Å²) in [6, 6.07) is 25.7. The van der Waals surface area contributed by atoms with E-state index in [0.717, 1.165) is 15.4 Å². The fraction of sp³-hybridized carbons (Fsp3) is 0.257. The molecule has 4 aromatic carbocycles. The lowest BCUT2D eigenvalue weighted by Gasteiger charge is -2.34. The Morgan fingerprint density at radius 2 is 1.43 bits per heavy atom. The van der Waals surface area contributed by atoms with Crippen LogP contribution in [0.2, 0.25) is 15.1 Å². The third kappa shape index (κ3) is 8.62. The van der Waals surface area contributed by atoms with Gasteiger partial charge in [-0.2, -0.15) is 0 Å². The molecule has 242 valence electrons. The van der Waals surface area contributed by atoms with Crippen molar-refractivity contribution in [1.29, 1.82) is 0 Å². The Hall–Kier alpha value is -3.56. The first-order valence-corrected chi connectivity index (χ1v) is 17.4. The molecule has 0 aliphatic heterocycles. The van der Waals surface area contributed by atoms with Crippen LogP contribution in [-0.2, 0) is 32.6 Å². The summed E-state index contributed by atoms with van der Waals surface area (Å²) in [5.74, 6) is -1.02. The second kappa shape index (κ2) is 15.8. The number of nitrogens with zero attached hydrogens (tertiary/aromatic N) is 2. The Morgan fingerprint density at radius 1 is 0.826 bits per heavy atom. The van der Waals surface area contributed by atoms with Gasteiger partial charge < -0.3 is 10.2 Å². The third-order valence-corrected chi connectivity index (χ3v) is 10.6. The maximum Gasteiger partial charge on any atom is 0.264 e. The maximum atomic E-state index is 14.6. The Morgan fingerprint density at radius 3 is 2.02 bits per heavy atom. The van der Waals surface area contributed by atoms with Gasteiger partial charge in [-0.15, -0.1) is 0 Å². The summed E-state index contributed by atoms with van der Waals surface area (Å²) in [6.45, 7) is 4.86. The first kappa shape index (κ1) is 35.3.